The predicted octanol–water partition coefficient (Wildman–Crippen LogP) is 3.25. The molecule has 1 aromatic carbocycles. The minimum Gasteiger partial charge on any atom is -0.497 e. The third-order valence-electron chi connectivity index (χ3n) is 5.85. The van der Waals surface area contributed by atoms with E-state index in [1.165, 1.54) is 19.3 Å². The summed E-state index contributed by atoms with van der Waals surface area (Å²) < 4.78 is 11.0. The molecule has 2 fully saturated rings. The number of fused-ring (bicyclic) bond motifs is 1. The summed E-state index contributed by atoms with van der Waals surface area (Å²) in [5, 5.41) is 3.11. The quantitative estimate of drug-likeness (QED) is 0.890. The Morgan fingerprint density at radius 2 is 2.00 bits per heavy atom. The van der Waals surface area contributed by atoms with E-state index in [0.29, 0.717) is 18.0 Å². The van der Waals surface area contributed by atoms with Gasteiger partial charge in [-0.15, -0.1) is 0 Å². The zero-order valence-corrected chi connectivity index (χ0v) is 15.4. The van der Waals surface area contributed by atoms with Gasteiger partial charge in [-0.25, -0.2) is 4.98 Å². The van der Waals surface area contributed by atoms with E-state index in [1.807, 2.05) is 18.2 Å². The van der Waals surface area contributed by atoms with Gasteiger partial charge in [0.25, 0.3) is 0 Å². The second kappa shape index (κ2) is 7.27. The molecule has 0 unspecified atom stereocenters. The number of amides is 1. The van der Waals surface area contributed by atoms with Crippen LogP contribution in [-0.4, -0.2) is 41.5 Å². The van der Waals surface area contributed by atoms with E-state index >= 15 is 0 Å². The van der Waals surface area contributed by atoms with Gasteiger partial charge in [0.15, 0.2) is 5.58 Å². The van der Waals surface area contributed by atoms with Crippen LogP contribution in [0.4, 0.5) is 0 Å². The molecule has 6 heteroatoms. The normalized spacial score (nSPS) is 20.3. The minimum atomic E-state index is -0.329. The van der Waals surface area contributed by atoms with Crippen molar-refractivity contribution in [3.05, 3.63) is 24.1 Å². The van der Waals surface area contributed by atoms with Crippen LogP contribution in [0, 0.1) is 0 Å². The number of benzene rings is 1. The molecule has 4 rings (SSSR count). The third-order valence-corrected chi connectivity index (χ3v) is 5.85. The van der Waals surface area contributed by atoms with Crippen molar-refractivity contribution in [3.8, 4) is 5.75 Å². The fourth-order valence-corrected chi connectivity index (χ4v) is 4.45. The molecule has 2 heterocycles. The van der Waals surface area contributed by atoms with Crippen molar-refractivity contribution in [1.29, 1.82) is 0 Å². The van der Waals surface area contributed by atoms with Crippen molar-refractivity contribution >= 4 is 17.0 Å². The number of hydrogen-bond acceptors (Lipinski definition) is 5. The molecule has 6 nitrogen and oxygen atoms in total. The van der Waals surface area contributed by atoms with Crippen LogP contribution >= 0.6 is 0 Å². The summed E-state index contributed by atoms with van der Waals surface area (Å²) in [5.41, 5.74) is 1.13. The lowest BCUT2D eigenvalue weighted by Crippen LogP contribution is -2.58. The fraction of sp³-hybridized carbons (Fsp3) is 0.600. The van der Waals surface area contributed by atoms with Crippen LogP contribution in [0.1, 0.15) is 50.8 Å². The number of methoxy groups -OCH3 is 1. The van der Waals surface area contributed by atoms with E-state index in [1.54, 1.807) is 7.11 Å². The number of nitrogens with zero attached hydrogens (tertiary/aromatic N) is 2. The van der Waals surface area contributed by atoms with Crippen LogP contribution in [-0.2, 0) is 11.3 Å². The third kappa shape index (κ3) is 3.18. The van der Waals surface area contributed by atoms with Gasteiger partial charge >= 0.3 is 0 Å². The maximum Gasteiger partial charge on any atom is 0.240 e. The lowest BCUT2D eigenvalue weighted by atomic mass is 9.79. The summed E-state index contributed by atoms with van der Waals surface area (Å²) in [6, 6.07) is 5.54. The standard InChI is InChI=1S/C20H27N3O3/c1-25-15-7-8-17-16(13-15)22-18(26-17)14-21-19(24)20(9-3-2-4-10-20)23-11-5-6-12-23/h7-8,13H,2-6,9-12,14H2,1H3,(H,21,24). The highest BCUT2D eigenvalue weighted by Gasteiger charge is 2.45. The Kier molecular flexibility index (Phi) is 4.85. The van der Waals surface area contributed by atoms with Crippen LogP contribution in [0.3, 0.4) is 0 Å². The number of carbonyl (C=O) groups excluding carboxylic acids is 1. The van der Waals surface area contributed by atoms with Crippen molar-refractivity contribution in [3.63, 3.8) is 0 Å². The summed E-state index contributed by atoms with van der Waals surface area (Å²) in [5.74, 6) is 1.42. The first-order valence-electron chi connectivity index (χ1n) is 9.68. The Bertz CT molecular complexity index is 774. The number of hydrogen-bond donors (Lipinski definition) is 1. The number of aromatic nitrogens is 1. The van der Waals surface area contributed by atoms with Gasteiger partial charge in [-0.05, 0) is 50.9 Å². The molecular formula is C20H27N3O3. The molecule has 1 aromatic heterocycles. The first-order chi connectivity index (χ1) is 12.7. The Balaban J connectivity index is 1.48. The second-order valence-corrected chi connectivity index (χ2v) is 7.41. The van der Waals surface area contributed by atoms with Crippen LogP contribution in [0.5, 0.6) is 5.75 Å². The fourth-order valence-electron chi connectivity index (χ4n) is 4.45. The highest BCUT2D eigenvalue weighted by atomic mass is 16.5. The smallest absolute Gasteiger partial charge is 0.240 e. The lowest BCUT2D eigenvalue weighted by Gasteiger charge is -2.43. The Morgan fingerprint density at radius 1 is 1.23 bits per heavy atom. The molecule has 2 aromatic rings. The summed E-state index contributed by atoms with van der Waals surface area (Å²) in [6.07, 6.45) is 7.81. The van der Waals surface area contributed by atoms with E-state index in [4.69, 9.17) is 9.15 Å². The van der Waals surface area contributed by atoms with Gasteiger partial charge in [0.2, 0.25) is 11.8 Å². The zero-order chi connectivity index (χ0) is 18.0. The van der Waals surface area contributed by atoms with Gasteiger partial charge in [0.1, 0.15) is 16.8 Å². The monoisotopic (exact) mass is 357 g/mol. The lowest BCUT2D eigenvalue weighted by molar-refractivity contribution is -0.135. The number of carbonyl (C=O) groups is 1. The minimum absolute atomic E-state index is 0.138. The van der Waals surface area contributed by atoms with Gasteiger partial charge in [-0.1, -0.05) is 19.3 Å². The highest BCUT2D eigenvalue weighted by molar-refractivity contribution is 5.86. The molecule has 1 saturated heterocycles. The van der Waals surface area contributed by atoms with Gasteiger partial charge in [-0.3, -0.25) is 9.69 Å². The van der Waals surface area contributed by atoms with E-state index < -0.39 is 0 Å². The highest BCUT2D eigenvalue weighted by Crippen LogP contribution is 2.36. The Hall–Kier alpha value is -2.08. The van der Waals surface area contributed by atoms with Gasteiger partial charge < -0.3 is 14.5 Å². The predicted molar refractivity (Wildman–Crippen MR) is 99.0 cm³/mol. The summed E-state index contributed by atoms with van der Waals surface area (Å²) in [6.45, 7) is 2.40. The van der Waals surface area contributed by atoms with Crippen LogP contribution in [0.25, 0.3) is 11.1 Å². The maximum atomic E-state index is 13.2. The summed E-state index contributed by atoms with van der Waals surface area (Å²) in [7, 11) is 1.63. The zero-order valence-electron chi connectivity index (χ0n) is 15.4. The van der Waals surface area contributed by atoms with E-state index in [0.717, 1.165) is 50.0 Å². The molecule has 1 amide bonds. The molecule has 0 atom stereocenters. The molecule has 1 aliphatic heterocycles. The molecule has 0 spiro atoms. The van der Waals surface area contributed by atoms with Crippen molar-refractivity contribution < 1.29 is 13.9 Å². The molecule has 0 radical (unpaired) electrons. The molecule has 2 aliphatic rings. The molecule has 140 valence electrons. The number of ether oxygens (including phenoxy) is 1. The molecule has 1 N–H and O–H groups in total. The van der Waals surface area contributed by atoms with Crippen molar-refractivity contribution in [2.45, 2.75) is 57.0 Å². The number of oxazole rings is 1. The van der Waals surface area contributed by atoms with Crippen LogP contribution in [0.15, 0.2) is 22.6 Å². The van der Waals surface area contributed by atoms with Gasteiger partial charge in [-0.2, -0.15) is 0 Å². The largest absolute Gasteiger partial charge is 0.497 e. The molecule has 0 bridgehead atoms. The van der Waals surface area contributed by atoms with Crippen molar-refractivity contribution in [1.82, 2.24) is 15.2 Å². The van der Waals surface area contributed by atoms with Gasteiger partial charge in [0, 0.05) is 6.07 Å². The first-order valence-corrected chi connectivity index (χ1v) is 9.68. The summed E-state index contributed by atoms with van der Waals surface area (Å²) >= 11 is 0. The van der Waals surface area contributed by atoms with E-state index in [9.17, 15) is 4.79 Å². The number of likely N-dealkylation sites (tertiary alicyclic amines) is 1. The molecule has 26 heavy (non-hydrogen) atoms. The van der Waals surface area contributed by atoms with Crippen molar-refractivity contribution in [2.75, 3.05) is 20.2 Å². The number of rotatable bonds is 5. The summed E-state index contributed by atoms with van der Waals surface area (Å²) in [4.78, 5) is 20.1. The van der Waals surface area contributed by atoms with Crippen LogP contribution < -0.4 is 10.1 Å². The molecule has 1 aliphatic carbocycles. The Labute approximate surface area is 153 Å². The van der Waals surface area contributed by atoms with Crippen LogP contribution in [0.2, 0.25) is 0 Å². The van der Waals surface area contributed by atoms with E-state index in [2.05, 4.69) is 15.2 Å². The first kappa shape index (κ1) is 17.3. The van der Waals surface area contributed by atoms with Crippen molar-refractivity contribution in [2.24, 2.45) is 0 Å². The second-order valence-electron chi connectivity index (χ2n) is 7.41. The van der Waals surface area contributed by atoms with E-state index in [-0.39, 0.29) is 11.4 Å². The molecular weight excluding hydrogens is 330 g/mol. The maximum absolute atomic E-state index is 13.2. The van der Waals surface area contributed by atoms with Gasteiger partial charge in [0.05, 0.1) is 13.7 Å². The average Bonchev–Trinajstić information content (AvgIpc) is 3.35. The topological polar surface area (TPSA) is 67.6 Å². The average molecular weight is 357 g/mol. The molecule has 1 saturated carbocycles. The Morgan fingerprint density at radius 3 is 2.73 bits per heavy atom. The SMILES string of the molecule is COc1ccc2oc(CNC(=O)C3(N4CCCC4)CCCCC3)nc2c1. The number of nitrogens with one attached hydrogen (secondary N) is 1.